The molecule has 0 aliphatic carbocycles. The molecule has 0 radical (unpaired) electrons. The summed E-state index contributed by atoms with van der Waals surface area (Å²) in [6.07, 6.45) is 7.23. The summed E-state index contributed by atoms with van der Waals surface area (Å²) in [4.78, 5) is 17.3. The van der Waals surface area contributed by atoms with Gasteiger partial charge in [-0.1, -0.05) is 60.7 Å². The monoisotopic (exact) mass is 716 g/mol. The molecule has 4 N–H and O–H groups in total. The predicted molar refractivity (Wildman–Crippen MR) is 218 cm³/mol. The van der Waals surface area contributed by atoms with Gasteiger partial charge in [0.2, 0.25) is 0 Å². The number of para-hydroxylation sites is 2. The van der Waals surface area contributed by atoms with Crippen LogP contribution in [0.1, 0.15) is 41.5 Å². The van der Waals surface area contributed by atoms with E-state index in [1.165, 1.54) is 12.7 Å². The standard InChI is InChI=1S/2C22H22N4O/c2*1-22(2,3)26-13-18(19-20(23)24-14-25-21(19)26)15-9-11-17(12-10-15)27-16-7-5-4-6-8-16/h2*4-14H,1-3H3,(H2,23,24,25). The second kappa shape index (κ2) is 14.4. The summed E-state index contributed by atoms with van der Waals surface area (Å²) in [6, 6.07) is 35.5. The van der Waals surface area contributed by atoms with Crippen molar-refractivity contribution in [2.24, 2.45) is 0 Å². The Kier molecular flexibility index (Phi) is 9.51. The summed E-state index contributed by atoms with van der Waals surface area (Å²) in [7, 11) is 0. The lowest BCUT2D eigenvalue weighted by molar-refractivity contribution is 0.408. The van der Waals surface area contributed by atoms with Crippen LogP contribution in [0.2, 0.25) is 0 Å². The van der Waals surface area contributed by atoms with Crippen molar-refractivity contribution in [2.75, 3.05) is 11.5 Å². The molecule has 272 valence electrons. The lowest BCUT2D eigenvalue weighted by Crippen LogP contribution is -2.21. The van der Waals surface area contributed by atoms with Crippen molar-refractivity contribution in [3.8, 4) is 45.3 Å². The third-order valence-electron chi connectivity index (χ3n) is 8.96. The minimum atomic E-state index is -0.117. The SMILES string of the molecule is CC(C)(C)n1cc(-c2ccc(Oc3ccccc3)cc2)c2c(N)ncnc21.CC(C)(C)n1cc(-c2ccc(Oc3ccccc3)cc2)c2c(N)ncnc21. The Balaban J connectivity index is 0.000000167. The Morgan fingerprint density at radius 1 is 0.444 bits per heavy atom. The highest BCUT2D eigenvalue weighted by Gasteiger charge is 2.23. The van der Waals surface area contributed by atoms with Gasteiger partial charge in [-0.3, -0.25) is 0 Å². The van der Waals surface area contributed by atoms with Crippen LogP contribution < -0.4 is 20.9 Å². The molecule has 0 atom stereocenters. The van der Waals surface area contributed by atoms with Gasteiger partial charge < -0.3 is 30.1 Å². The van der Waals surface area contributed by atoms with Crippen LogP contribution in [0.15, 0.2) is 134 Å². The number of ether oxygens (including phenoxy) is 2. The molecule has 54 heavy (non-hydrogen) atoms. The van der Waals surface area contributed by atoms with Crippen LogP contribution in [0, 0.1) is 0 Å². The van der Waals surface area contributed by atoms with E-state index in [4.69, 9.17) is 20.9 Å². The molecule has 0 aliphatic heterocycles. The summed E-state index contributed by atoms with van der Waals surface area (Å²) in [6.45, 7) is 12.9. The van der Waals surface area contributed by atoms with E-state index in [2.05, 4.69) is 83.0 Å². The van der Waals surface area contributed by atoms with Crippen LogP contribution in [-0.2, 0) is 11.1 Å². The maximum Gasteiger partial charge on any atom is 0.146 e. The first kappa shape index (κ1) is 35.7. The van der Waals surface area contributed by atoms with E-state index in [1.807, 2.05) is 109 Å². The highest BCUT2D eigenvalue weighted by molar-refractivity contribution is 6.01. The molecule has 0 spiro atoms. The molecule has 10 heteroatoms. The van der Waals surface area contributed by atoms with Crippen molar-refractivity contribution < 1.29 is 9.47 Å². The maximum atomic E-state index is 6.19. The number of hydrogen-bond acceptors (Lipinski definition) is 8. The second-order valence-electron chi connectivity index (χ2n) is 15.0. The van der Waals surface area contributed by atoms with Crippen molar-refractivity contribution >= 4 is 33.7 Å². The smallest absolute Gasteiger partial charge is 0.146 e. The number of nitrogen functional groups attached to an aromatic ring is 2. The number of aromatic nitrogens is 6. The first-order chi connectivity index (χ1) is 25.9. The van der Waals surface area contributed by atoms with E-state index < -0.39 is 0 Å². The van der Waals surface area contributed by atoms with Gasteiger partial charge in [-0.15, -0.1) is 0 Å². The molecule has 0 amide bonds. The Labute approximate surface area is 315 Å². The topological polar surface area (TPSA) is 132 Å². The largest absolute Gasteiger partial charge is 0.457 e. The Hall–Kier alpha value is -6.68. The van der Waals surface area contributed by atoms with Crippen LogP contribution in [0.25, 0.3) is 44.3 Å². The minimum Gasteiger partial charge on any atom is -0.457 e. The summed E-state index contributed by atoms with van der Waals surface area (Å²) in [5, 5.41) is 1.76. The molecule has 10 nitrogen and oxygen atoms in total. The molecular weight excluding hydrogens is 673 g/mol. The fourth-order valence-corrected chi connectivity index (χ4v) is 6.29. The molecule has 0 bridgehead atoms. The minimum absolute atomic E-state index is 0.117. The van der Waals surface area contributed by atoms with Gasteiger partial charge in [0, 0.05) is 34.6 Å². The zero-order chi connectivity index (χ0) is 38.0. The fraction of sp³-hybridized carbons (Fsp3) is 0.182. The number of hydrogen-bond donors (Lipinski definition) is 2. The molecule has 8 aromatic rings. The average Bonchev–Trinajstić information content (AvgIpc) is 3.76. The van der Waals surface area contributed by atoms with E-state index in [9.17, 15) is 0 Å². The molecular formula is C44H44N8O2. The molecule has 8 rings (SSSR count). The van der Waals surface area contributed by atoms with Crippen molar-refractivity contribution in [3.63, 3.8) is 0 Å². The van der Waals surface area contributed by atoms with Gasteiger partial charge in [0.25, 0.3) is 0 Å². The van der Waals surface area contributed by atoms with E-state index in [0.29, 0.717) is 11.6 Å². The quantitative estimate of drug-likeness (QED) is 0.174. The molecule has 4 aromatic carbocycles. The zero-order valence-corrected chi connectivity index (χ0v) is 31.4. The number of anilines is 2. The maximum absolute atomic E-state index is 6.19. The first-order valence-corrected chi connectivity index (χ1v) is 17.8. The Morgan fingerprint density at radius 3 is 1.11 bits per heavy atom. The molecule has 0 saturated heterocycles. The van der Waals surface area contributed by atoms with Gasteiger partial charge in [0.15, 0.2) is 0 Å². The highest BCUT2D eigenvalue weighted by atomic mass is 16.5. The van der Waals surface area contributed by atoms with Crippen LogP contribution in [0.3, 0.4) is 0 Å². The highest BCUT2D eigenvalue weighted by Crippen LogP contribution is 2.38. The van der Waals surface area contributed by atoms with E-state index >= 15 is 0 Å². The Morgan fingerprint density at radius 2 is 0.778 bits per heavy atom. The van der Waals surface area contributed by atoms with Crippen molar-refractivity contribution in [3.05, 3.63) is 134 Å². The lowest BCUT2D eigenvalue weighted by Gasteiger charge is -2.21. The third kappa shape index (κ3) is 7.45. The van der Waals surface area contributed by atoms with Crippen molar-refractivity contribution in [1.82, 2.24) is 29.1 Å². The molecule has 4 aromatic heterocycles. The zero-order valence-electron chi connectivity index (χ0n) is 31.4. The van der Waals surface area contributed by atoms with Gasteiger partial charge in [0.1, 0.15) is 58.6 Å². The van der Waals surface area contributed by atoms with Crippen LogP contribution in [-0.4, -0.2) is 29.1 Å². The number of rotatable bonds is 6. The number of nitrogens with zero attached hydrogens (tertiary/aromatic N) is 6. The summed E-state index contributed by atoms with van der Waals surface area (Å²) < 4.78 is 16.1. The predicted octanol–water partition coefficient (Wildman–Crippen LogP) is 10.5. The average molecular weight is 717 g/mol. The molecule has 0 unspecified atom stereocenters. The normalized spacial score (nSPS) is 11.7. The van der Waals surface area contributed by atoms with E-state index in [1.54, 1.807) is 0 Å². The van der Waals surface area contributed by atoms with Crippen molar-refractivity contribution in [1.29, 1.82) is 0 Å². The number of benzene rings is 4. The molecule has 0 aliphatic rings. The van der Waals surface area contributed by atoms with Gasteiger partial charge in [-0.2, -0.15) is 0 Å². The Bertz CT molecular complexity index is 2330. The van der Waals surface area contributed by atoms with E-state index in [0.717, 1.165) is 67.3 Å². The first-order valence-electron chi connectivity index (χ1n) is 17.8. The summed E-state index contributed by atoms with van der Waals surface area (Å²) in [5.41, 5.74) is 18.0. The number of fused-ring (bicyclic) bond motifs is 2. The third-order valence-corrected chi connectivity index (χ3v) is 8.96. The van der Waals surface area contributed by atoms with Crippen LogP contribution in [0.5, 0.6) is 23.0 Å². The second-order valence-corrected chi connectivity index (χ2v) is 15.0. The van der Waals surface area contributed by atoms with Crippen LogP contribution >= 0.6 is 0 Å². The van der Waals surface area contributed by atoms with Gasteiger partial charge in [-0.25, -0.2) is 19.9 Å². The molecule has 0 saturated carbocycles. The number of nitrogens with two attached hydrogens (primary N) is 2. The van der Waals surface area contributed by atoms with E-state index in [-0.39, 0.29) is 11.1 Å². The summed E-state index contributed by atoms with van der Waals surface area (Å²) in [5.74, 6) is 4.17. The lowest BCUT2D eigenvalue weighted by atomic mass is 10.1. The fourth-order valence-electron chi connectivity index (χ4n) is 6.29. The van der Waals surface area contributed by atoms with Crippen molar-refractivity contribution in [2.45, 2.75) is 52.6 Å². The van der Waals surface area contributed by atoms with Gasteiger partial charge in [0.05, 0.1) is 10.8 Å². The van der Waals surface area contributed by atoms with Gasteiger partial charge >= 0.3 is 0 Å². The van der Waals surface area contributed by atoms with Gasteiger partial charge in [-0.05, 0) is 101 Å². The molecule has 0 fully saturated rings. The molecule has 4 heterocycles. The van der Waals surface area contributed by atoms with Crippen LogP contribution in [0.4, 0.5) is 11.6 Å². The summed E-state index contributed by atoms with van der Waals surface area (Å²) >= 11 is 0.